The maximum atomic E-state index is 13.7. The third-order valence-electron chi connectivity index (χ3n) is 3.96. The van der Waals surface area contributed by atoms with E-state index in [4.69, 9.17) is 17.2 Å². The molecule has 0 saturated heterocycles. The van der Waals surface area contributed by atoms with Gasteiger partial charge in [-0.1, -0.05) is 0 Å². The number of fused-ring (bicyclic) bond motifs is 2. The number of aromatic nitrogens is 4. The summed E-state index contributed by atoms with van der Waals surface area (Å²) in [7, 11) is 0. The molecule has 3 aromatic rings. The summed E-state index contributed by atoms with van der Waals surface area (Å²) in [5.74, 6) is 0.395. The maximum absolute atomic E-state index is 13.7. The van der Waals surface area contributed by atoms with Crippen LogP contribution in [0.5, 0.6) is 0 Å². The number of halogens is 1. The van der Waals surface area contributed by atoms with Crippen LogP contribution >= 0.6 is 12.2 Å². The van der Waals surface area contributed by atoms with E-state index in [1.54, 1.807) is 6.07 Å². The second-order valence-corrected chi connectivity index (χ2v) is 5.68. The number of benzene rings is 1. The van der Waals surface area contributed by atoms with Crippen LogP contribution in [0.3, 0.4) is 0 Å². The van der Waals surface area contributed by atoms with Crippen LogP contribution in [0.1, 0.15) is 24.1 Å². The van der Waals surface area contributed by atoms with Gasteiger partial charge in [0.1, 0.15) is 5.82 Å². The Bertz CT molecular complexity index is 896. The highest BCUT2D eigenvalue weighted by atomic mass is 32.1. The average Bonchev–Trinajstić information content (AvgIpc) is 2.91. The van der Waals surface area contributed by atoms with E-state index >= 15 is 0 Å². The van der Waals surface area contributed by atoms with Crippen molar-refractivity contribution in [2.75, 3.05) is 0 Å². The van der Waals surface area contributed by atoms with Crippen LogP contribution in [0.25, 0.3) is 22.3 Å². The lowest BCUT2D eigenvalue weighted by Crippen LogP contribution is -2.08. The number of hydrogen-bond donors (Lipinski definition) is 2. The lowest BCUT2D eigenvalue weighted by atomic mass is 9.89. The molecule has 1 aliphatic rings. The molecule has 6 heteroatoms. The molecule has 2 heterocycles. The first-order valence-electron chi connectivity index (χ1n) is 6.98. The van der Waals surface area contributed by atoms with Crippen molar-refractivity contribution in [3.8, 4) is 11.4 Å². The van der Waals surface area contributed by atoms with Crippen molar-refractivity contribution in [3.63, 3.8) is 0 Å². The van der Waals surface area contributed by atoms with Crippen LogP contribution in [0, 0.1) is 10.6 Å². The molecule has 4 nitrogen and oxygen atoms in total. The number of nitrogens with one attached hydrogen (secondary N) is 2. The third-order valence-corrected chi connectivity index (χ3v) is 4.16. The fourth-order valence-corrected chi connectivity index (χ4v) is 3.20. The van der Waals surface area contributed by atoms with Crippen LogP contribution in [-0.2, 0) is 12.8 Å². The smallest absolute Gasteiger partial charge is 0.213 e. The van der Waals surface area contributed by atoms with Crippen LogP contribution in [0.2, 0.25) is 0 Å². The van der Waals surface area contributed by atoms with Gasteiger partial charge in [-0.05, 0) is 61.7 Å². The van der Waals surface area contributed by atoms with E-state index in [0.717, 1.165) is 53.4 Å². The van der Waals surface area contributed by atoms with Gasteiger partial charge in [0.2, 0.25) is 4.77 Å². The summed E-state index contributed by atoms with van der Waals surface area (Å²) >= 11 is 5.05. The van der Waals surface area contributed by atoms with E-state index in [2.05, 4.69) is 15.2 Å². The molecule has 0 saturated carbocycles. The van der Waals surface area contributed by atoms with Crippen molar-refractivity contribution in [2.24, 2.45) is 0 Å². The molecule has 0 amide bonds. The monoisotopic (exact) mass is 300 g/mol. The maximum Gasteiger partial charge on any atom is 0.213 e. The van der Waals surface area contributed by atoms with Crippen LogP contribution < -0.4 is 0 Å². The van der Waals surface area contributed by atoms with E-state index in [0.29, 0.717) is 10.6 Å². The van der Waals surface area contributed by atoms with Gasteiger partial charge in [0.05, 0.1) is 5.52 Å². The van der Waals surface area contributed by atoms with Crippen molar-refractivity contribution < 1.29 is 4.39 Å². The van der Waals surface area contributed by atoms with Crippen molar-refractivity contribution in [1.29, 1.82) is 0 Å². The van der Waals surface area contributed by atoms with Gasteiger partial charge in [0.25, 0.3) is 0 Å². The normalized spacial score (nSPS) is 14.3. The van der Waals surface area contributed by atoms with E-state index < -0.39 is 0 Å². The molecule has 0 fully saturated rings. The standard InChI is InChI=1S/C15H13FN4S/c16-8-5-6-12-10(7-8)13(14-18-15(21)20-19-14)9-3-1-2-4-11(9)17-12/h5-7H,1-4H2,(H2,18,19,20,21). The zero-order chi connectivity index (χ0) is 14.4. The summed E-state index contributed by atoms with van der Waals surface area (Å²) in [5, 5.41) is 6.60. The first-order valence-corrected chi connectivity index (χ1v) is 7.39. The van der Waals surface area contributed by atoms with Crippen molar-refractivity contribution >= 4 is 23.1 Å². The molecule has 2 aromatic heterocycles. The van der Waals surface area contributed by atoms with Gasteiger partial charge in [-0.2, -0.15) is 4.98 Å². The summed E-state index contributed by atoms with van der Waals surface area (Å²) < 4.78 is 14.1. The fourth-order valence-electron chi connectivity index (χ4n) is 3.06. The second-order valence-electron chi connectivity index (χ2n) is 5.30. The van der Waals surface area contributed by atoms with Gasteiger partial charge in [-0.3, -0.25) is 15.2 Å². The Kier molecular flexibility index (Phi) is 2.85. The number of nitrogens with zero attached hydrogens (tertiary/aromatic N) is 2. The molecule has 106 valence electrons. The molecule has 0 bridgehead atoms. The minimum atomic E-state index is -0.268. The van der Waals surface area contributed by atoms with E-state index in [9.17, 15) is 4.39 Å². The summed E-state index contributed by atoms with van der Waals surface area (Å²) in [6.07, 6.45) is 4.16. The van der Waals surface area contributed by atoms with Gasteiger partial charge >= 0.3 is 0 Å². The van der Waals surface area contributed by atoms with Gasteiger partial charge in [0.15, 0.2) is 5.82 Å². The molecule has 0 spiro atoms. The molecule has 0 unspecified atom stereocenters. The predicted molar refractivity (Wildman–Crippen MR) is 81.1 cm³/mol. The molecule has 2 N–H and O–H groups in total. The quantitative estimate of drug-likeness (QED) is 0.674. The van der Waals surface area contributed by atoms with E-state index in [1.807, 2.05) is 0 Å². The SMILES string of the molecule is Fc1ccc2nc3c(c(-c4nc(=S)[nH][nH]4)c2c1)CCCC3. The first-order chi connectivity index (χ1) is 10.2. The van der Waals surface area contributed by atoms with Crippen LogP contribution in [0.15, 0.2) is 18.2 Å². The third kappa shape index (κ3) is 2.06. The number of hydrogen-bond acceptors (Lipinski definition) is 3. The molecular weight excluding hydrogens is 287 g/mol. The Morgan fingerprint density at radius 1 is 1.10 bits per heavy atom. The molecule has 0 radical (unpaired) electrons. The van der Waals surface area contributed by atoms with Crippen molar-refractivity contribution in [1.82, 2.24) is 20.2 Å². The fraction of sp³-hybridized carbons (Fsp3) is 0.267. The minimum absolute atomic E-state index is 0.268. The predicted octanol–water partition coefficient (Wildman–Crippen LogP) is 3.70. The molecular formula is C15H13FN4S. The number of aryl methyl sites for hydroxylation is 1. The second kappa shape index (κ2) is 4.73. The molecule has 1 aliphatic carbocycles. The molecule has 1 aromatic carbocycles. The number of rotatable bonds is 1. The Balaban J connectivity index is 2.13. The topological polar surface area (TPSA) is 57.4 Å². The Labute approximate surface area is 125 Å². The lowest BCUT2D eigenvalue weighted by molar-refractivity contribution is 0.629. The lowest BCUT2D eigenvalue weighted by Gasteiger charge is -2.19. The summed E-state index contributed by atoms with van der Waals surface area (Å²) in [6.45, 7) is 0. The number of aromatic amines is 2. The van der Waals surface area contributed by atoms with Crippen LogP contribution in [0.4, 0.5) is 4.39 Å². The Morgan fingerprint density at radius 3 is 2.76 bits per heavy atom. The number of H-pyrrole nitrogens is 2. The molecule has 0 aliphatic heterocycles. The summed E-state index contributed by atoms with van der Waals surface area (Å²) in [4.78, 5) is 9.03. The van der Waals surface area contributed by atoms with Gasteiger partial charge in [-0.25, -0.2) is 4.39 Å². The van der Waals surface area contributed by atoms with E-state index in [1.165, 1.54) is 12.1 Å². The van der Waals surface area contributed by atoms with Crippen molar-refractivity contribution in [2.45, 2.75) is 25.7 Å². The average molecular weight is 300 g/mol. The van der Waals surface area contributed by atoms with Gasteiger partial charge in [-0.15, -0.1) is 0 Å². The molecule has 21 heavy (non-hydrogen) atoms. The van der Waals surface area contributed by atoms with Gasteiger partial charge in [0, 0.05) is 16.6 Å². The zero-order valence-corrected chi connectivity index (χ0v) is 12.1. The highest BCUT2D eigenvalue weighted by Gasteiger charge is 2.21. The zero-order valence-electron chi connectivity index (χ0n) is 11.2. The Morgan fingerprint density at radius 2 is 1.95 bits per heavy atom. The van der Waals surface area contributed by atoms with E-state index in [-0.39, 0.29) is 5.82 Å². The van der Waals surface area contributed by atoms with Crippen molar-refractivity contribution in [3.05, 3.63) is 40.0 Å². The highest BCUT2D eigenvalue weighted by Crippen LogP contribution is 2.35. The molecule has 0 atom stereocenters. The van der Waals surface area contributed by atoms with Gasteiger partial charge < -0.3 is 0 Å². The van der Waals surface area contributed by atoms with Crippen LogP contribution in [-0.4, -0.2) is 20.2 Å². The highest BCUT2D eigenvalue weighted by molar-refractivity contribution is 7.71. The minimum Gasteiger partial charge on any atom is -0.282 e. The summed E-state index contributed by atoms with van der Waals surface area (Å²) in [6, 6.07) is 4.70. The molecule has 4 rings (SSSR count). The first kappa shape index (κ1) is 12.6. The number of pyridine rings is 1. The Hall–Kier alpha value is -2.08. The largest absolute Gasteiger partial charge is 0.282 e. The summed E-state index contributed by atoms with van der Waals surface area (Å²) in [5.41, 5.74) is 3.99.